The molecule has 1 heterocycles. The van der Waals surface area contributed by atoms with Crippen LogP contribution in [0.15, 0.2) is 18.2 Å². The molecule has 1 fully saturated rings. The Bertz CT molecular complexity index is 493. The van der Waals surface area contributed by atoms with Crippen molar-refractivity contribution < 1.29 is 17.6 Å². The Balaban J connectivity index is 2.35. The van der Waals surface area contributed by atoms with Crippen molar-refractivity contribution in [3.8, 4) is 0 Å². The van der Waals surface area contributed by atoms with Crippen LogP contribution in [0.5, 0.6) is 0 Å². The third-order valence-electron chi connectivity index (χ3n) is 3.92. The minimum Gasteiger partial charge on any atom is -0.314 e. The Kier molecular flexibility index (Phi) is 5.45. The van der Waals surface area contributed by atoms with Crippen LogP contribution in [0, 0.1) is 11.7 Å². The molecule has 0 amide bonds. The van der Waals surface area contributed by atoms with Crippen molar-refractivity contribution in [2.45, 2.75) is 32.5 Å². The van der Waals surface area contributed by atoms with Crippen molar-refractivity contribution in [2.75, 3.05) is 26.2 Å². The molecule has 0 unspecified atom stereocenters. The van der Waals surface area contributed by atoms with Gasteiger partial charge >= 0.3 is 6.18 Å². The lowest BCUT2D eigenvalue weighted by Gasteiger charge is -2.36. The summed E-state index contributed by atoms with van der Waals surface area (Å²) in [5.41, 5.74) is -0.491. The summed E-state index contributed by atoms with van der Waals surface area (Å²) in [6.07, 6.45) is -3.82. The van der Waals surface area contributed by atoms with E-state index in [1.807, 2.05) is 13.8 Å². The van der Waals surface area contributed by atoms with Gasteiger partial charge in [0.15, 0.2) is 0 Å². The first kappa shape index (κ1) is 17.2. The topological polar surface area (TPSA) is 15.3 Å². The summed E-state index contributed by atoms with van der Waals surface area (Å²) < 4.78 is 52.5. The van der Waals surface area contributed by atoms with Gasteiger partial charge in [-0.3, -0.25) is 4.90 Å². The summed E-state index contributed by atoms with van der Waals surface area (Å²) in [5, 5.41) is 3.23. The Hall–Kier alpha value is -1.14. The Morgan fingerprint density at radius 1 is 1.14 bits per heavy atom. The zero-order valence-corrected chi connectivity index (χ0v) is 12.9. The van der Waals surface area contributed by atoms with Gasteiger partial charge in [-0.1, -0.05) is 13.8 Å². The second-order valence-corrected chi connectivity index (χ2v) is 6.20. The van der Waals surface area contributed by atoms with Crippen LogP contribution in [0.4, 0.5) is 17.6 Å². The van der Waals surface area contributed by atoms with Gasteiger partial charge in [0.2, 0.25) is 0 Å². The van der Waals surface area contributed by atoms with Crippen molar-refractivity contribution in [1.82, 2.24) is 10.2 Å². The van der Waals surface area contributed by atoms with E-state index < -0.39 is 17.6 Å². The molecule has 1 aromatic rings. The molecule has 0 radical (unpaired) electrons. The van der Waals surface area contributed by atoms with E-state index in [4.69, 9.17) is 0 Å². The van der Waals surface area contributed by atoms with Gasteiger partial charge in [-0.25, -0.2) is 4.39 Å². The molecule has 22 heavy (non-hydrogen) atoms. The van der Waals surface area contributed by atoms with Crippen LogP contribution in [0.3, 0.4) is 0 Å². The third-order valence-corrected chi connectivity index (χ3v) is 3.92. The zero-order chi connectivity index (χ0) is 16.3. The maximum atomic E-state index is 13.7. The summed E-state index contributed by atoms with van der Waals surface area (Å²) in [4.78, 5) is 2.14. The van der Waals surface area contributed by atoms with Crippen molar-refractivity contribution in [3.63, 3.8) is 0 Å². The van der Waals surface area contributed by atoms with Gasteiger partial charge < -0.3 is 5.32 Å². The number of piperazine rings is 1. The molecule has 2 rings (SSSR count). The first-order chi connectivity index (χ1) is 10.3. The summed E-state index contributed by atoms with van der Waals surface area (Å²) in [6.45, 7) is 7.18. The van der Waals surface area contributed by atoms with Gasteiger partial charge in [0.05, 0.1) is 5.56 Å². The normalized spacial score (nSPS) is 18.7. The fourth-order valence-corrected chi connectivity index (χ4v) is 2.90. The van der Waals surface area contributed by atoms with E-state index in [9.17, 15) is 17.6 Å². The van der Waals surface area contributed by atoms with Crippen LogP contribution < -0.4 is 5.32 Å². The fourth-order valence-electron chi connectivity index (χ4n) is 2.90. The molecule has 124 valence electrons. The molecule has 1 aliphatic heterocycles. The van der Waals surface area contributed by atoms with Crippen LogP contribution in [-0.4, -0.2) is 31.1 Å². The summed E-state index contributed by atoms with van der Waals surface area (Å²) in [7, 11) is 0. The molecule has 0 aromatic heterocycles. The maximum Gasteiger partial charge on any atom is 0.416 e. The second-order valence-electron chi connectivity index (χ2n) is 6.20. The number of benzene rings is 1. The molecule has 0 aliphatic carbocycles. The molecular formula is C16H22F4N2. The van der Waals surface area contributed by atoms with Crippen molar-refractivity contribution in [1.29, 1.82) is 0 Å². The number of nitrogens with zero attached hydrogens (tertiary/aromatic N) is 1. The molecular weight excluding hydrogens is 296 g/mol. The molecule has 2 nitrogen and oxygen atoms in total. The van der Waals surface area contributed by atoms with Gasteiger partial charge in [0.25, 0.3) is 0 Å². The first-order valence-electron chi connectivity index (χ1n) is 7.60. The van der Waals surface area contributed by atoms with E-state index in [2.05, 4.69) is 10.2 Å². The highest BCUT2D eigenvalue weighted by molar-refractivity contribution is 5.29. The standard InChI is InChI=1S/C16H22F4N2/c1-11(2)7-15(22-5-3-21-4-6-22)12-8-13(16(18,19)20)10-14(17)9-12/h8-11,15,21H,3-7H2,1-2H3/t15-/m0/s1. The minimum absolute atomic E-state index is 0.182. The minimum atomic E-state index is -4.53. The number of hydrogen-bond donors (Lipinski definition) is 1. The summed E-state index contributed by atoms with van der Waals surface area (Å²) in [5.74, 6) is -0.508. The molecule has 1 aromatic carbocycles. The van der Waals surface area contributed by atoms with Gasteiger partial charge in [-0.15, -0.1) is 0 Å². The SMILES string of the molecule is CC(C)C[C@@H](c1cc(F)cc(C(F)(F)F)c1)N1CCNCC1. The van der Waals surface area contributed by atoms with E-state index in [0.29, 0.717) is 24.0 Å². The fraction of sp³-hybridized carbons (Fsp3) is 0.625. The highest BCUT2D eigenvalue weighted by Gasteiger charge is 2.33. The molecule has 1 N–H and O–H groups in total. The lowest BCUT2D eigenvalue weighted by Crippen LogP contribution is -2.45. The molecule has 0 bridgehead atoms. The highest BCUT2D eigenvalue weighted by atomic mass is 19.4. The van der Waals surface area contributed by atoms with Crippen molar-refractivity contribution in [2.24, 2.45) is 5.92 Å². The van der Waals surface area contributed by atoms with Crippen LogP contribution in [0.25, 0.3) is 0 Å². The predicted molar refractivity (Wildman–Crippen MR) is 78.0 cm³/mol. The number of alkyl halides is 3. The molecule has 0 spiro atoms. The Labute approximate surface area is 128 Å². The summed E-state index contributed by atoms with van der Waals surface area (Å²) in [6, 6.07) is 2.72. The Morgan fingerprint density at radius 3 is 2.32 bits per heavy atom. The quantitative estimate of drug-likeness (QED) is 0.849. The lowest BCUT2D eigenvalue weighted by molar-refractivity contribution is -0.137. The number of halogens is 4. The average Bonchev–Trinajstić information content (AvgIpc) is 2.44. The predicted octanol–water partition coefficient (Wildman–Crippen LogP) is 3.84. The van der Waals surface area contributed by atoms with Gasteiger partial charge in [-0.2, -0.15) is 13.2 Å². The van der Waals surface area contributed by atoms with Crippen LogP contribution >= 0.6 is 0 Å². The second kappa shape index (κ2) is 6.96. The van der Waals surface area contributed by atoms with E-state index >= 15 is 0 Å². The van der Waals surface area contributed by atoms with E-state index in [1.54, 1.807) is 0 Å². The van der Waals surface area contributed by atoms with E-state index in [0.717, 1.165) is 32.2 Å². The van der Waals surface area contributed by atoms with E-state index in [1.165, 1.54) is 6.07 Å². The van der Waals surface area contributed by atoms with Crippen LogP contribution in [0.2, 0.25) is 0 Å². The van der Waals surface area contributed by atoms with Gasteiger partial charge in [-0.05, 0) is 36.1 Å². The summed E-state index contributed by atoms with van der Waals surface area (Å²) >= 11 is 0. The molecule has 1 atom stereocenters. The highest BCUT2D eigenvalue weighted by Crippen LogP contribution is 2.35. The number of nitrogens with one attached hydrogen (secondary N) is 1. The van der Waals surface area contributed by atoms with Crippen LogP contribution in [-0.2, 0) is 6.18 Å². The zero-order valence-electron chi connectivity index (χ0n) is 12.9. The number of rotatable bonds is 4. The van der Waals surface area contributed by atoms with Crippen molar-refractivity contribution >= 4 is 0 Å². The van der Waals surface area contributed by atoms with Crippen molar-refractivity contribution in [3.05, 3.63) is 35.1 Å². The van der Waals surface area contributed by atoms with E-state index in [-0.39, 0.29) is 6.04 Å². The van der Waals surface area contributed by atoms with Gasteiger partial charge in [0.1, 0.15) is 5.82 Å². The monoisotopic (exact) mass is 318 g/mol. The number of hydrogen-bond acceptors (Lipinski definition) is 2. The molecule has 1 aliphatic rings. The molecule has 6 heteroatoms. The smallest absolute Gasteiger partial charge is 0.314 e. The Morgan fingerprint density at radius 2 is 1.77 bits per heavy atom. The van der Waals surface area contributed by atoms with Gasteiger partial charge in [0, 0.05) is 32.2 Å². The third kappa shape index (κ3) is 4.43. The lowest BCUT2D eigenvalue weighted by atomic mass is 9.93. The first-order valence-corrected chi connectivity index (χ1v) is 7.60. The maximum absolute atomic E-state index is 13.7. The average molecular weight is 318 g/mol. The van der Waals surface area contributed by atoms with Crippen LogP contribution in [0.1, 0.15) is 37.4 Å². The molecule has 1 saturated heterocycles. The molecule has 0 saturated carbocycles. The largest absolute Gasteiger partial charge is 0.416 e.